The molecule has 0 unspecified atom stereocenters. The van der Waals surface area contributed by atoms with Crippen LogP contribution in [-0.4, -0.2) is 24.1 Å². The Balaban J connectivity index is 1.80. The minimum Gasteiger partial charge on any atom is -0.496 e. The van der Waals surface area contributed by atoms with Crippen molar-refractivity contribution in [3.63, 3.8) is 0 Å². The van der Waals surface area contributed by atoms with Crippen LogP contribution in [0.3, 0.4) is 0 Å². The lowest BCUT2D eigenvalue weighted by Gasteiger charge is -2.07. The summed E-state index contributed by atoms with van der Waals surface area (Å²) in [5.41, 5.74) is 1.04. The van der Waals surface area contributed by atoms with Crippen molar-refractivity contribution >= 4 is 39.1 Å². The van der Waals surface area contributed by atoms with Gasteiger partial charge in [0.25, 0.3) is 0 Å². The molecule has 1 heterocycles. The van der Waals surface area contributed by atoms with Crippen LogP contribution in [0.2, 0.25) is 0 Å². The Hall–Kier alpha value is -1.86. The van der Waals surface area contributed by atoms with E-state index in [1.54, 1.807) is 19.2 Å². The van der Waals surface area contributed by atoms with Crippen molar-refractivity contribution in [3.8, 4) is 5.75 Å². The first-order valence-corrected chi connectivity index (χ1v) is 8.51. The summed E-state index contributed by atoms with van der Waals surface area (Å²) in [6.07, 6.45) is 0.995. The average Bonchev–Trinajstić information content (AvgIpc) is 3.00. The topological polar surface area (TPSA) is 75.6 Å². The van der Waals surface area contributed by atoms with E-state index in [0.29, 0.717) is 19.4 Å². The number of thiophene rings is 1. The molecular formula is C16H16BrNO4S. The van der Waals surface area contributed by atoms with E-state index in [0.717, 1.165) is 20.7 Å². The van der Waals surface area contributed by atoms with Crippen molar-refractivity contribution in [1.82, 2.24) is 5.32 Å². The molecule has 1 amide bonds. The Morgan fingerprint density at radius 1 is 1.30 bits per heavy atom. The van der Waals surface area contributed by atoms with Gasteiger partial charge in [-0.2, -0.15) is 0 Å². The number of halogens is 1. The Bertz CT molecular complexity index is 714. The van der Waals surface area contributed by atoms with E-state index in [2.05, 4.69) is 21.2 Å². The highest BCUT2D eigenvalue weighted by atomic mass is 79.9. The van der Waals surface area contributed by atoms with Crippen molar-refractivity contribution in [2.75, 3.05) is 7.11 Å². The lowest BCUT2D eigenvalue weighted by Crippen LogP contribution is -2.22. The van der Waals surface area contributed by atoms with Crippen molar-refractivity contribution < 1.29 is 19.4 Å². The van der Waals surface area contributed by atoms with Crippen molar-refractivity contribution in [1.29, 1.82) is 0 Å². The Kier molecular flexibility index (Phi) is 6.18. The number of ether oxygens (including phenoxy) is 1. The zero-order valence-electron chi connectivity index (χ0n) is 12.5. The number of aromatic carboxylic acids is 1. The van der Waals surface area contributed by atoms with E-state index in [9.17, 15) is 9.59 Å². The minimum absolute atomic E-state index is 0.0674. The molecule has 0 aliphatic rings. The second-order valence-electron chi connectivity index (χ2n) is 4.82. The molecule has 122 valence electrons. The number of carboxylic acids is 1. The van der Waals surface area contributed by atoms with Gasteiger partial charge in [0, 0.05) is 11.3 Å². The van der Waals surface area contributed by atoms with Gasteiger partial charge in [-0.1, -0.05) is 6.07 Å². The molecule has 0 spiro atoms. The molecule has 0 saturated carbocycles. The average molecular weight is 398 g/mol. The number of carbonyl (C=O) groups excluding carboxylic acids is 1. The van der Waals surface area contributed by atoms with Crippen molar-refractivity contribution in [2.24, 2.45) is 0 Å². The van der Waals surface area contributed by atoms with Gasteiger partial charge >= 0.3 is 5.97 Å². The van der Waals surface area contributed by atoms with Gasteiger partial charge in [-0.3, -0.25) is 4.79 Å². The summed E-state index contributed by atoms with van der Waals surface area (Å²) in [6.45, 7) is 0.350. The van der Waals surface area contributed by atoms with E-state index < -0.39 is 5.97 Å². The molecule has 0 bridgehead atoms. The number of nitrogens with one attached hydrogen (secondary N) is 1. The lowest BCUT2D eigenvalue weighted by molar-refractivity contribution is -0.121. The normalized spacial score (nSPS) is 10.3. The molecule has 23 heavy (non-hydrogen) atoms. The van der Waals surface area contributed by atoms with Gasteiger partial charge in [-0.15, -0.1) is 11.3 Å². The third-order valence-corrected chi connectivity index (χ3v) is 4.88. The maximum Gasteiger partial charge on any atom is 0.345 e. The lowest BCUT2D eigenvalue weighted by atomic mass is 10.1. The van der Waals surface area contributed by atoms with Gasteiger partial charge in [0.15, 0.2) is 0 Å². The molecule has 0 atom stereocenters. The summed E-state index contributed by atoms with van der Waals surface area (Å²) in [4.78, 5) is 23.8. The number of carbonyl (C=O) groups is 2. The summed E-state index contributed by atoms with van der Waals surface area (Å²) in [7, 11) is 1.60. The van der Waals surface area contributed by atoms with E-state index in [4.69, 9.17) is 9.84 Å². The third-order valence-electron chi connectivity index (χ3n) is 3.19. The van der Waals surface area contributed by atoms with Gasteiger partial charge in [0.2, 0.25) is 5.91 Å². The molecule has 7 heteroatoms. The van der Waals surface area contributed by atoms with Crippen LogP contribution in [0.15, 0.2) is 34.8 Å². The number of methoxy groups -OCH3 is 1. The Morgan fingerprint density at radius 2 is 2.09 bits per heavy atom. The first kappa shape index (κ1) is 17.5. The van der Waals surface area contributed by atoms with Crippen LogP contribution in [0.1, 0.15) is 26.5 Å². The predicted molar refractivity (Wildman–Crippen MR) is 92.1 cm³/mol. The number of hydrogen-bond donors (Lipinski definition) is 2. The van der Waals surface area contributed by atoms with Crippen LogP contribution in [0.25, 0.3) is 0 Å². The van der Waals surface area contributed by atoms with E-state index >= 15 is 0 Å². The summed E-state index contributed by atoms with van der Waals surface area (Å²) in [5, 5.41) is 11.7. The highest BCUT2D eigenvalue weighted by Crippen LogP contribution is 2.26. The standard InChI is InChI=1S/C16H16BrNO4S/c1-22-13-5-2-10(8-12(13)17)3-7-15(19)18-9-11-4-6-14(23-11)16(20)21/h2,4-6,8H,3,7,9H2,1H3,(H,18,19)(H,20,21). The molecule has 2 aromatic rings. The molecule has 0 saturated heterocycles. The van der Waals surface area contributed by atoms with Crippen LogP contribution in [0.4, 0.5) is 0 Å². The summed E-state index contributed by atoms with van der Waals surface area (Å²) >= 11 is 4.59. The van der Waals surface area contributed by atoms with E-state index in [1.165, 1.54) is 11.3 Å². The number of carboxylic acid groups (broad SMARTS) is 1. The summed E-state index contributed by atoms with van der Waals surface area (Å²) in [6, 6.07) is 8.98. The Labute approximate surface area is 146 Å². The Morgan fingerprint density at radius 3 is 2.70 bits per heavy atom. The maximum atomic E-state index is 11.9. The highest BCUT2D eigenvalue weighted by Gasteiger charge is 2.09. The molecule has 0 aliphatic heterocycles. The largest absolute Gasteiger partial charge is 0.496 e. The molecule has 5 nitrogen and oxygen atoms in total. The SMILES string of the molecule is COc1ccc(CCC(=O)NCc2ccc(C(=O)O)s2)cc1Br. The maximum absolute atomic E-state index is 11.9. The predicted octanol–water partition coefficient (Wildman–Crippen LogP) is 3.47. The van der Waals surface area contributed by atoms with Gasteiger partial charge in [-0.05, 0) is 52.2 Å². The van der Waals surface area contributed by atoms with Gasteiger partial charge in [0.05, 0.1) is 18.1 Å². The molecular weight excluding hydrogens is 382 g/mol. The van der Waals surface area contributed by atoms with Crippen LogP contribution in [0.5, 0.6) is 5.75 Å². The first-order chi connectivity index (χ1) is 11.0. The van der Waals surface area contributed by atoms with Crippen LogP contribution < -0.4 is 10.1 Å². The fourth-order valence-electron chi connectivity index (χ4n) is 1.99. The van der Waals surface area contributed by atoms with E-state index in [-0.39, 0.29) is 10.8 Å². The zero-order valence-corrected chi connectivity index (χ0v) is 14.9. The van der Waals surface area contributed by atoms with Crippen LogP contribution in [0, 0.1) is 0 Å². The highest BCUT2D eigenvalue weighted by molar-refractivity contribution is 9.10. The molecule has 0 fully saturated rings. The molecule has 0 radical (unpaired) electrons. The number of benzene rings is 1. The molecule has 0 aliphatic carbocycles. The zero-order chi connectivity index (χ0) is 16.8. The molecule has 1 aromatic heterocycles. The molecule has 2 N–H and O–H groups in total. The summed E-state index contributed by atoms with van der Waals surface area (Å²) < 4.78 is 6.02. The van der Waals surface area contributed by atoms with Crippen LogP contribution >= 0.6 is 27.3 Å². The second kappa shape index (κ2) is 8.12. The molecule has 2 rings (SSSR count). The third kappa shape index (κ3) is 5.07. The second-order valence-corrected chi connectivity index (χ2v) is 6.84. The first-order valence-electron chi connectivity index (χ1n) is 6.90. The monoisotopic (exact) mass is 397 g/mol. The van der Waals surface area contributed by atoms with Crippen molar-refractivity contribution in [2.45, 2.75) is 19.4 Å². The number of rotatable bonds is 7. The number of amides is 1. The smallest absolute Gasteiger partial charge is 0.345 e. The van der Waals surface area contributed by atoms with Gasteiger partial charge in [-0.25, -0.2) is 4.79 Å². The quantitative estimate of drug-likeness (QED) is 0.749. The molecule has 1 aromatic carbocycles. The fourth-order valence-corrected chi connectivity index (χ4v) is 3.36. The fraction of sp³-hybridized carbons (Fsp3) is 0.250. The van der Waals surface area contributed by atoms with Crippen molar-refractivity contribution in [3.05, 3.63) is 50.1 Å². The van der Waals surface area contributed by atoms with Gasteiger partial charge in [0.1, 0.15) is 10.6 Å². The number of aryl methyl sites for hydroxylation is 1. The minimum atomic E-state index is -0.947. The van der Waals surface area contributed by atoms with E-state index in [1.807, 2.05) is 18.2 Å². The summed E-state index contributed by atoms with van der Waals surface area (Å²) in [5.74, 6) is -0.259. The number of hydrogen-bond acceptors (Lipinski definition) is 4. The van der Waals surface area contributed by atoms with Gasteiger partial charge < -0.3 is 15.2 Å². The van der Waals surface area contributed by atoms with Crippen LogP contribution in [-0.2, 0) is 17.8 Å².